The Morgan fingerprint density at radius 3 is 2.60 bits per heavy atom. The van der Waals surface area contributed by atoms with Gasteiger partial charge in [0.05, 0.1) is 10.7 Å². The van der Waals surface area contributed by atoms with Crippen LogP contribution in [-0.4, -0.2) is 20.2 Å². The summed E-state index contributed by atoms with van der Waals surface area (Å²) in [5, 5.41) is 10.7. The molecule has 0 unspecified atom stereocenters. The van der Waals surface area contributed by atoms with Gasteiger partial charge in [-0.05, 0) is 24.3 Å². The molecular formula is C15H13ClN2O2. The molecule has 0 atom stereocenters. The van der Waals surface area contributed by atoms with E-state index in [1.54, 1.807) is 17.7 Å². The average molecular weight is 289 g/mol. The van der Waals surface area contributed by atoms with Crippen LogP contribution in [-0.2, 0) is 14.1 Å². The van der Waals surface area contributed by atoms with Gasteiger partial charge in [0.15, 0.2) is 0 Å². The van der Waals surface area contributed by atoms with E-state index < -0.39 is 5.97 Å². The van der Waals surface area contributed by atoms with Gasteiger partial charge in [-0.3, -0.25) is 0 Å². The molecular weight excluding hydrogens is 276 g/mol. The number of rotatable bonds is 2. The lowest BCUT2D eigenvalue weighted by atomic mass is 10.1. The fraction of sp³-hybridized carbons (Fsp3) is 0.133. The summed E-state index contributed by atoms with van der Waals surface area (Å²) in [6.07, 6.45) is 1.97. The third-order valence-electron chi connectivity index (χ3n) is 3.58. The van der Waals surface area contributed by atoms with E-state index in [0.29, 0.717) is 5.02 Å². The summed E-state index contributed by atoms with van der Waals surface area (Å²) >= 11 is 6.31. The number of benzene rings is 1. The molecule has 3 rings (SSSR count). The highest BCUT2D eigenvalue weighted by Gasteiger charge is 2.17. The monoisotopic (exact) mass is 288 g/mol. The van der Waals surface area contributed by atoms with E-state index in [4.69, 9.17) is 16.7 Å². The van der Waals surface area contributed by atoms with Crippen molar-refractivity contribution in [2.24, 2.45) is 14.1 Å². The first-order chi connectivity index (χ1) is 9.50. The second-order valence-corrected chi connectivity index (χ2v) is 5.16. The predicted octanol–water partition coefficient (Wildman–Crippen LogP) is 3.54. The van der Waals surface area contributed by atoms with Crippen LogP contribution in [0.1, 0.15) is 10.5 Å². The molecule has 0 saturated carbocycles. The summed E-state index contributed by atoms with van der Waals surface area (Å²) in [7, 11) is 3.69. The van der Waals surface area contributed by atoms with Crippen LogP contribution in [0.4, 0.5) is 0 Å². The third kappa shape index (κ3) is 1.72. The van der Waals surface area contributed by atoms with Crippen molar-refractivity contribution in [3.63, 3.8) is 0 Å². The van der Waals surface area contributed by atoms with Crippen LogP contribution in [0.15, 0.2) is 36.5 Å². The highest BCUT2D eigenvalue weighted by atomic mass is 35.5. The van der Waals surface area contributed by atoms with Gasteiger partial charge in [0.25, 0.3) is 0 Å². The number of carboxylic acids is 1. The lowest BCUT2D eigenvalue weighted by molar-refractivity contribution is 0.0687. The second-order valence-electron chi connectivity index (χ2n) is 4.76. The molecule has 1 aromatic carbocycles. The average Bonchev–Trinajstić information content (AvgIpc) is 2.92. The van der Waals surface area contributed by atoms with Gasteiger partial charge < -0.3 is 14.2 Å². The summed E-state index contributed by atoms with van der Waals surface area (Å²) in [6, 6.07) is 9.15. The molecule has 0 spiro atoms. The molecule has 0 fully saturated rings. The van der Waals surface area contributed by atoms with Crippen molar-refractivity contribution in [3.05, 3.63) is 47.2 Å². The Morgan fingerprint density at radius 1 is 1.20 bits per heavy atom. The fourth-order valence-electron chi connectivity index (χ4n) is 2.59. The number of nitrogens with zero attached hydrogens (tertiary/aromatic N) is 2. The second kappa shape index (κ2) is 4.42. The molecule has 0 aliphatic rings. The Bertz CT molecular complexity index is 830. The number of aromatic carboxylic acids is 1. The van der Waals surface area contributed by atoms with E-state index in [1.807, 2.05) is 42.1 Å². The number of carboxylic acid groups (broad SMARTS) is 1. The van der Waals surface area contributed by atoms with Gasteiger partial charge in [-0.25, -0.2) is 4.79 Å². The van der Waals surface area contributed by atoms with Gasteiger partial charge in [0, 0.05) is 36.8 Å². The number of aromatic nitrogens is 2. The van der Waals surface area contributed by atoms with Crippen LogP contribution in [0.5, 0.6) is 0 Å². The minimum absolute atomic E-state index is 0.254. The van der Waals surface area contributed by atoms with Crippen molar-refractivity contribution in [3.8, 4) is 11.3 Å². The third-order valence-corrected chi connectivity index (χ3v) is 3.90. The molecule has 1 N–H and O–H groups in total. The Kier molecular flexibility index (Phi) is 2.83. The summed E-state index contributed by atoms with van der Waals surface area (Å²) < 4.78 is 3.66. The topological polar surface area (TPSA) is 47.2 Å². The normalized spacial score (nSPS) is 11.2. The minimum atomic E-state index is -0.940. The number of halogens is 1. The molecule has 0 amide bonds. The van der Waals surface area contributed by atoms with Crippen LogP contribution in [0.2, 0.25) is 5.02 Å². The zero-order chi connectivity index (χ0) is 14.4. The highest BCUT2D eigenvalue weighted by molar-refractivity contribution is 6.36. The van der Waals surface area contributed by atoms with Crippen molar-refractivity contribution >= 4 is 28.5 Å². The van der Waals surface area contributed by atoms with Gasteiger partial charge in [-0.15, -0.1) is 0 Å². The van der Waals surface area contributed by atoms with Gasteiger partial charge in [-0.1, -0.05) is 17.7 Å². The van der Waals surface area contributed by atoms with Crippen molar-refractivity contribution in [2.75, 3.05) is 0 Å². The van der Waals surface area contributed by atoms with E-state index >= 15 is 0 Å². The Morgan fingerprint density at radius 2 is 1.95 bits per heavy atom. The van der Waals surface area contributed by atoms with Crippen LogP contribution < -0.4 is 0 Å². The first-order valence-electron chi connectivity index (χ1n) is 6.13. The van der Waals surface area contributed by atoms with Gasteiger partial charge in [-0.2, -0.15) is 0 Å². The van der Waals surface area contributed by atoms with E-state index in [9.17, 15) is 4.79 Å². The molecule has 0 radical (unpaired) electrons. The van der Waals surface area contributed by atoms with Crippen molar-refractivity contribution in [1.82, 2.24) is 9.13 Å². The molecule has 5 heteroatoms. The Labute approximate surface area is 120 Å². The van der Waals surface area contributed by atoms with E-state index in [2.05, 4.69) is 0 Å². The number of hydrogen-bond donors (Lipinski definition) is 1. The van der Waals surface area contributed by atoms with Crippen LogP contribution in [0, 0.1) is 0 Å². The molecule has 20 heavy (non-hydrogen) atoms. The van der Waals surface area contributed by atoms with Gasteiger partial charge >= 0.3 is 5.97 Å². The molecule has 2 aromatic heterocycles. The molecule has 102 valence electrons. The van der Waals surface area contributed by atoms with Crippen molar-refractivity contribution < 1.29 is 9.90 Å². The largest absolute Gasteiger partial charge is 0.477 e. The van der Waals surface area contributed by atoms with E-state index in [0.717, 1.165) is 22.2 Å². The lowest BCUT2D eigenvalue weighted by Gasteiger charge is -2.05. The molecule has 0 bridgehead atoms. The smallest absolute Gasteiger partial charge is 0.352 e. The molecule has 4 nitrogen and oxygen atoms in total. The van der Waals surface area contributed by atoms with Gasteiger partial charge in [0.1, 0.15) is 5.69 Å². The van der Waals surface area contributed by atoms with E-state index in [-0.39, 0.29) is 5.69 Å². The lowest BCUT2D eigenvalue weighted by Crippen LogP contribution is -2.04. The zero-order valence-corrected chi connectivity index (χ0v) is 11.8. The quantitative estimate of drug-likeness (QED) is 0.784. The standard InChI is InChI=1S/C15H13ClN2O2/c1-17-8-9(14-10(16)4-3-5-12(14)17)11-6-7-13(15(19)20)18(11)2/h3-8H,1-2H3,(H,19,20). The van der Waals surface area contributed by atoms with Gasteiger partial charge in [0.2, 0.25) is 0 Å². The first-order valence-corrected chi connectivity index (χ1v) is 6.51. The maximum Gasteiger partial charge on any atom is 0.352 e. The molecule has 0 aliphatic carbocycles. The summed E-state index contributed by atoms with van der Waals surface area (Å²) in [5.41, 5.74) is 3.04. The summed E-state index contributed by atoms with van der Waals surface area (Å²) in [4.78, 5) is 11.2. The van der Waals surface area contributed by atoms with Crippen molar-refractivity contribution in [1.29, 1.82) is 0 Å². The Hall–Kier alpha value is -2.20. The fourth-order valence-corrected chi connectivity index (χ4v) is 2.86. The first kappa shape index (κ1) is 12.8. The zero-order valence-electron chi connectivity index (χ0n) is 11.1. The molecule has 0 saturated heterocycles. The minimum Gasteiger partial charge on any atom is -0.477 e. The SMILES string of the molecule is Cn1c(C(=O)O)ccc1-c1cn(C)c2cccc(Cl)c12. The maximum atomic E-state index is 11.2. The maximum absolute atomic E-state index is 11.2. The number of hydrogen-bond acceptors (Lipinski definition) is 1. The number of aryl methyl sites for hydroxylation is 1. The van der Waals surface area contributed by atoms with Crippen molar-refractivity contribution in [2.45, 2.75) is 0 Å². The molecule has 3 aromatic rings. The highest BCUT2D eigenvalue weighted by Crippen LogP contribution is 2.35. The van der Waals surface area contributed by atoms with Crippen LogP contribution >= 0.6 is 11.6 Å². The summed E-state index contributed by atoms with van der Waals surface area (Å²) in [6.45, 7) is 0. The number of fused-ring (bicyclic) bond motifs is 1. The van der Waals surface area contributed by atoms with Crippen LogP contribution in [0.3, 0.4) is 0 Å². The molecule has 2 heterocycles. The molecule has 0 aliphatic heterocycles. The number of carbonyl (C=O) groups is 1. The predicted molar refractivity (Wildman–Crippen MR) is 79.3 cm³/mol. The summed E-state index contributed by atoms with van der Waals surface area (Å²) in [5.74, 6) is -0.940. The van der Waals surface area contributed by atoms with E-state index in [1.165, 1.54) is 0 Å². The van der Waals surface area contributed by atoms with Crippen LogP contribution in [0.25, 0.3) is 22.2 Å². The Balaban J connectivity index is 2.33.